The minimum Gasteiger partial charge on any atom is -0.316 e. The molecule has 3 nitrogen and oxygen atoms in total. The number of rotatable bonds is 4. The minimum absolute atomic E-state index is 0.760. The first-order valence-corrected chi connectivity index (χ1v) is 7.07. The van der Waals surface area contributed by atoms with Gasteiger partial charge in [0.25, 0.3) is 0 Å². The lowest BCUT2D eigenvalue weighted by atomic mass is 10.2. The van der Waals surface area contributed by atoms with Crippen molar-refractivity contribution < 1.29 is 0 Å². The molecule has 0 aliphatic rings. The second kappa shape index (κ2) is 5.82. The Morgan fingerprint density at radius 1 is 1.47 bits per heavy atom. The van der Waals surface area contributed by atoms with E-state index in [0.717, 1.165) is 26.6 Å². The van der Waals surface area contributed by atoms with Gasteiger partial charge in [-0.25, -0.2) is 4.98 Å². The van der Waals surface area contributed by atoms with Crippen molar-refractivity contribution in [2.75, 3.05) is 7.05 Å². The lowest BCUT2D eigenvalue weighted by Crippen LogP contribution is -2.06. The van der Waals surface area contributed by atoms with E-state index in [1.807, 2.05) is 26.1 Å². The van der Waals surface area contributed by atoms with Gasteiger partial charge in [-0.15, -0.1) is 0 Å². The van der Waals surface area contributed by atoms with E-state index >= 15 is 0 Å². The summed E-state index contributed by atoms with van der Waals surface area (Å²) in [6, 6.07) is 5.93. The van der Waals surface area contributed by atoms with Crippen molar-refractivity contribution in [1.29, 1.82) is 0 Å². The van der Waals surface area contributed by atoms with Crippen LogP contribution >= 0.6 is 34.9 Å². The van der Waals surface area contributed by atoms with E-state index in [1.54, 1.807) is 11.8 Å². The fraction of sp³-hybridized carbons (Fsp3) is 0.273. The average Bonchev–Trinajstić information content (AvgIpc) is 2.70. The third kappa shape index (κ3) is 3.19. The summed E-state index contributed by atoms with van der Waals surface area (Å²) in [6.45, 7) is 2.68. The third-order valence-electron chi connectivity index (χ3n) is 2.11. The Kier molecular flexibility index (Phi) is 4.39. The Labute approximate surface area is 114 Å². The van der Waals surface area contributed by atoms with Crippen LogP contribution in [0.15, 0.2) is 27.4 Å². The number of aryl methyl sites for hydroxylation is 1. The zero-order valence-electron chi connectivity index (χ0n) is 9.53. The summed E-state index contributed by atoms with van der Waals surface area (Å²) in [7, 11) is 1.92. The number of nitrogens with one attached hydrogen (secondary N) is 1. The molecule has 90 valence electrons. The molecule has 0 radical (unpaired) electrons. The lowest BCUT2D eigenvalue weighted by molar-refractivity contribution is 0.803. The van der Waals surface area contributed by atoms with Gasteiger partial charge in [-0.1, -0.05) is 35.5 Å². The molecule has 1 aromatic heterocycles. The van der Waals surface area contributed by atoms with E-state index in [2.05, 4.69) is 20.7 Å². The summed E-state index contributed by atoms with van der Waals surface area (Å²) < 4.78 is 5.09. The second-order valence-corrected chi connectivity index (χ2v) is 5.88. The molecule has 0 fully saturated rings. The predicted octanol–water partition coefficient (Wildman–Crippen LogP) is 3.37. The number of halogens is 1. The van der Waals surface area contributed by atoms with Crippen LogP contribution in [0.5, 0.6) is 0 Å². The van der Waals surface area contributed by atoms with Crippen LogP contribution in [0.2, 0.25) is 5.02 Å². The van der Waals surface area contributed by atoms with Crippen molar-refractivity contribution in [2.24, 2.45) is 0 Å². The third-order valence-corrected chi connectivity index (χ3v) is 4.57. The van der Waals surface area contributed by atoms with Crippen LogP contribution in [0.4, 0.5) is 0 Å². The summed E-state index contributed by atoms with van der Waals surface area (Å²) in [4.78, 5) is 5.39. The highest BCUT2D eigenvalue weighted by atomic mass is 35.5. The molecule has 6 heteroatoms. The number of benzene rings is 1. The number of aromatic nitrogens is 2. The average molecular weight is 286 g/mol. The molecule has 0 spiro atoms. The predicted molar refractivity (Wildman–Crippen MR) is 73.0 cm³/mol. The Balaban J connectivity index is 2.30. The molecule has 2 aromatic rings. The normalized spacial score (nSPS) is 10.8. The van der Waals surface area contributed by atoms with E-state index in [1.165, 1.54) is 17.1 Å². The molecule has 0 saturated heterocycles. The maximum atomic E-state index is 6.23. The molecule has 0 aliphatic heterocycles. The summed E-state index contributed by atoms with van der Waals surface area (Å²) in [6.07, 6.45) is 0. The van der Waals surface area contributed by atoms with Gasteiger partial charge in [0.15, 0.2) is 4.34 Å². The van der Waals surface area contributed by atoms with Crippen molar-refractivity contribution in [2.45, 2.75) is 22.7 Å². The molecule has 0 unspecified atom stereocenters. The van der Waals surface area contributed by atoms with Crippen molar-refractivity contribution in [1.82, 2.24) is 14.7 Å². The summed E-state index contributed by atoms with van der Waals surface area (Å²) in [5, 5.41) is 3.90. The number of hydrogen-bond donors (Lipinski definition) is 1. The zero-order valence-corrected chi connectivity index (χ0v) is 11.9. The highest BCUT2D eigenvalue weighted by Gasteiger charge is 2.11. The Bertz CT molecular complexity index is 513. The molecule has 0 aliphatic carbocycles. The Morgan fingerprint density at radius 2 is 2.29 bits per heavy atom. The van der Waals surface area contributed by atoms with Crippen LogP contribution in [0.25, 0.3) is 0 Å². The lowest BCUT2D eigenvalue weighted by Gasteiger charge is -2.08. The molecular weight excluding hydrogens is 274 g/mol. The molecule has 0 amide bonds. The Hall–Kier alpha value is -0.620. The van der Waals surface area contributed by atoms with Crippen molar-refractivity contribution in [3.05, 3.63) is 34.6 Å². The van der Waals surface area contributed by atoms with Crippen molar-refractivity contribution in [3.63, 3.8) is 0 Å². The van der Waals surface area contributed by atoms with Gasteiger partial charge in [0.05, 0.1) is 5.02 Å². The van der Waals surface area contributed by atoms with Crippen LogP contribution in [-0.2, 0) is 6.54 Å². The zero-order chi connectivity index (χ0) is 12.3. The van der Waals surface area contributed by atoms with E-state index in [9.17, 15) is 0 Å². The van der Waals surface area contributed by atoms with E-state index in [-0.39, 0.29) is 0 Å². The first-order valence-electron chi connectivity index (χ1n) is 5.11. The van der Waals surface area contributed by atoms with Crippen LogP contribution in [0.3, 0.4) is 0 Å². The molecule has 0 atom stereocenters. The Morgan fingerprint density at radius 3 is 2.94 bits per heavy atom. The van der Waals surface area contributed by atoms with Gasteiger partial charge in [-0.2, -0.15) is 4.37 Å². The van der Waals surface area contributed by atoms with Gasteiger partial charge in [0.2, 0.25) is 0 Å². The largest absolute Gasteiger partial charge is 0.316 e. The smallest absolute Gasteiger partial charge is 0.174 e. The number of hydrogen-bond acceptors (Lipinski definition) is 5. The van der Waals surface area contributed by atoms with Crippen LogP contribution in [0, 0.1) is 6.92 Å². The fourth-order valence-corrected chi connectivity index (χ4v) is 3.44. The van der Waals surface area contributed by atoms with Gasteiger partial charge in [-0.05, 0) is 37.1 Å². The van der Waals surface area contributed by atoms with Gasteiger partial charge < -0.3 is 5.32 Å². The van der Waals surface area contributed by atoms with E-state index in [0.29, 0.717) is 0 Å². The molecule has 0 bridgehead atoms. The topological polar surface area (TPSA) is 37.8 Å². The molecule has 17 heavy (non-hydrogen) atoms. The SMILES string of the molecule is CNCc1cccc(Cl)c1Sc1nc(C)ns1. The maximum absolute atomic E-state index is 6.23. The minimum atomic E-state index is 0.760. The van der Waals surface area contributed by atoms with Crippen molar-refractivity contribution >= 4 is 34.9 Å². The first-order chi connectivity index (χ1) is 8.20. The highest BCUT2D eigenvalue weighted by Crippen LogP contribution is 2.36. The van der Waals surface area contributed by atoms with Crippen LogP contribution < -0.4 is 5.32 Å². The van der Waals surface area contributed by atoms with E-state index < -0.39 is 0 Å². The molecule has 1 heterocycles. The summed E-state index contributed by atoms with van der Waals surface area (Å²) in [5.41, 5.74) is 1.18. The molecule has 2 rings (SSSR count). The van der Waals surface area contributed by atoms with Gasteiger partial charge in [-0.3, -0.25) is 0 Å². The summed E-state index contributed by atoms with van der Waals surface area (Å²) >= 11 is 9.21. The maximum Gasteiger partial charge on any atom is 0.174 e. The second-order valence-electron chi connectivity index (χ2n) is 3.47. The van der Waals surface area contributed by atoms with Crippen LogP contribution in [-0.4, -0.2) is 16.4 Å². The fourth-order valence-electron chi connectivity index (χ4n) is 1.40. The van der Waals surface area contributed by atoms with Gasteiger partial charge in [0.1, 0.15) is 5.82 Å². The number of nitrogens with zero attached hydrogens (tertiary/aromatic N) is 2. The van der Waals surface area contributed by atoms with Gasteiger partial charge in [0, 0.05) is 11.4 Å². The quantitative estimate of drug-likeness (QED) is 0.935. The standard InChI is InChI=1S/C11H12ClN3S2/c1-7-14-11(17-15-7)16-10-8(6-13-2)4-3-5-9(10)12/h3-5,13H,6H2,1-2H3. The molecular formula is C11H12ClN3S2. The van der Waals surface area contributed by atoms with Gasteiger partial charge >= 0.3 is 0 Å². The summed E-state index contributed by atoms with van der Waals surface area (Å²) in [5.74, 6) is 0.805. The monoisotopic (exact) mass is 285 g/mol. The first kappa shape index (κ1) is 12.8. The van der Waals surface area contributed by atoms with E-state index in [4.69, 9.17) is 11.6 Å². The van der Waals surface area contributed by atoms with Crippen LogP contribution in [0.1, 0.15) is 11.4 Å². The van der Waals surface area contributed by atoms with Crippen molar-refractivity contribution in [3.8, 4) is 0 Å². The highest BCUT2D eigenvalue weighted by molar-refractivity contribution is 8.01. The molecule has 0 saturated carbocycles. The molecule has 1 N–H and O–H groups in total. The molecule has 1 aromatic carbocycles.